The van der Waals surface area contributed by atoms with Gasteiger partial charge in [0.05, 0.1) is 18.8 Å². The number of rotatable bonds is 5. The van der Waals surface area contributed by atoms with Crippen molar-refractivity contribution in [3.8, 4) is 11.5 Å². The van der Waals surface area contributed by atoms with Gasteiger partial charge in [-0.3, -0.25) is 9.59 Å². The van der Waals surface area contributed by atoms with Gasteiger partial charge < -0.3 is 19.8 Å². The Morgan fingerprint density at radius 1 is 1.07 bits per heavy atom. The van der Waals surface area contributed by atoms with E-state index in [1.165, 1.54) is 17.4 Å². The Labute approximate surface area is 165 Å². The number of amides is 1. The van der Waals surface area contributed by atoms with Crippen LogP contribution in [-0.4, -0.2) is 25.1 Å². The molecule has 2 aromatic carbocycles. The van der Waals surface area contributed by atoms with Crippen molar-refractivity contribution in [2.75, 3.05) is 19.5 Å². The standard InChI is InChI=1S/C21H20N2O4S/c1-13-4-6-15(7-5-13)22-19(24)12-20-23-21(25)18(28-20)10-14-8-16(26-2)11-17(9-14)27-3/h4-12H,1-3H3,(H,22,24)(H,23,25)/b18-10-,20-12-. The first kappa shape index (κ1) is 19.4. The predicted octanol–water partition coefficient (Wildman–Crippen LogP) is 2.01. The minimum atomic E-state index is -0.309. The molecule has 6 nitrogen and oxygen atoms in total. The van der Waals surface area contributed by atoms with Crippen molar-refractivity contribution in [1.29, 1.82) is 0 Å². The molecule has 0 atom stereocenters. The summed E-state index contributed by atoms with van der Waals surface area (Å²) >= 11 is 1.20. The number of aromatic amines is 1. The highest BCUT2D eigenvalue weighted by Crippen LogP contribution is 2.22. The number of aryl methyl sites for hydroxylation is 1. The summed E-state index contributed by atoms with van der Waals surface area (Å²) in [4.78, 5) is 27.1. The molecule has 0 radical (unpaired) electrons. The van der Waals surface area contributed by atoms with Crippen LogP contribution in [0.1, 0.15) is 11.1 Å². The number of aromatic nitrogens is 1. The number of carbonyl (C=O) groups is 1. The normalized spacial score (nSPS) is 12.1. The highest BCUT2D eigenvalue weighted by Gasteiger charge is 2.03. The van der Waals surface area contributed by atoms with Crippen LogP contribution in [0.5, 0.6) is 11.5 Å². The van der Waals surface area contributed by atoms with Crippen LogP contribution >= 0.6 is 11.3 Å². The summed E-state index contributed by atoms with van der Waals surface area (Å²) < 4.78 is 11.4. The molecule has 1 amide bonds. The molecule has 0 bridgehead atoms. The zero-order valence-electron chi connectivity index (χ0n) is 15.7. The number of hydrogen-bond donors (Lipinski definition) is 2. The van der Waals surface area contributed by atoms with E-state index in [0.717, 1.165) is 11.1 Å². The Bertz CT molecular complexity index is 1140. The van der Waals surface area contributed by atoms with E-state index in [1.54, 1.807) is 38.5 Å². The fourth-order valence-electron chi connectivity index (χ4n) is 2.52. The SMILES string of the molecule is COc1cc(/C=c2\s/c(=C\C(=O)Nc3ccc(C)cc3)[nH]c2=O)cc(OC)c1. The van der Waals surface area contributed by atoms with Gasteiger partial charge in [-0.15, -0.1) is 11.3 Å². The summed E-state index contributed by atoms with van der Waals surface area (Å²) in [6, 6.07) is 12.8. The van der Waals surface area contributed by atoms with Crippen molar-refractivity contribution in [3.05, 3.63) is 73.1 Å². The average Bonchev–Trinajstić information content (AvgIpc) is 3.01. The maximum absolute atomic E-state index is 12.2. The summed E-state index contributed by atoms with van der Waals surface area (Å²) in [5.74, 6) is 0.946. The fraction of sp³-hybridized carbons (Fsp3) is 0.143. The van der Waals surface area contributed by atoms with Gasteiger partial charge >= 0.3 is 0 Å². The monoisotopic (exact) mass is 396 g/mol. The second-order valence-electron chi connectivity index (χ2n) is 6.07. The molecule has 0 aliphatic rings. The Morgan fingerprint density at radius 3 is 2.32 bits per heavy atom. The van der Waals surface area contributed by atoms with Crippen LogP contribution < -0.4 is 29.5 Å². The van der Waals surface area contributed by atoms with Crippen molar-refractivity contribution >= 4 is 35.1 Å². The molecular weight excluding hydrogens is 376 g/mol. The predicted molar refractivity (Wildman–Crippen MR) is 112 cm³/mol. The molecule has 1 heterocycles. The van der Waals surface area contributed by atoms with E-state index in [0.29, 0.717) is 26.4 Å². The summed E-state index contributed by atoms with van der Waals surface area (Å²) in [7, 11) is 3.13. The van der Waals surface area contributed by atoms with Crippen molar-refractivity contribution in [1.82, 2.24) is 4.98 Å². The van der Waals surface area contributed by atoms with Crippen LogP contribution in [0.4, 0.5) is 5.69 Å². The van der Waals surface area contributed by atoms with Gasteiger partial charge in [0.2, 0.25) is 0 Å². The third kappa shape index (κ3) is 4.89. The lowest BCUT2D eigenvalue weighted by Gasteiger charge is -2.05. The Kier molecular flexibility index (Phi) is 5.96. The molecular formula is C21H20N2O4S. The van der Waals surface area contributed by atoms with Crippen molar-refractivity contribution in [2.24, 2.45) is 0 Å². The van der Waals surface area contributed by atoms with E-state index >= 15 is 0 Å². The first-order chi connectivity index (χ1) is 13.5. The number of thiazole rings is 1. The Balaban J connectivity index is 1.89. The minimum absolute atomic E-state index is 0.263. The van der Waals surface area contributed by atoms with Gasteiger partial charge in [-0.2, -0.15) is 0 Å². The Morgan fingerprint density at radius 2 is 1.71 bits per heavy atom. The number of hydrogen-bond acceptors (Lipinski definition) is 5. The number of nitrogens with one attached hydrogen (secondary N) is 2. The zero-order valence-corrected chi connectivity index (χ0v) is 16.6. The number of ether oxygens (including phenoxy) is 2. The van der Waals surface area contributed by atoms with Crippen LogP contribution in [0.2, 0.25) is 0 Å². The second kappa shape index (κ2) is 8.58. The van der Waals surface area contributed by atoms with Crippen LogP contribution in [-0.2, 0) is 4.79 Å². The molecule has 0 aliphatic heterocycles. The molecule has 0 aliphatic carbocycles. The maximum Gasteiger partial charge on any atom is 0.266 e. The van der Waals surface area contributed by atoms with Gasteiger partial charge in [0.25, 0.3) is 11.5 Å². The van der Waals surface area contributed by atoms with E-state index in [4.69, 9.17) is 9.47 Å². The Hall–Kier alpha value is -3.32. The lowest BCUT2D eigenvalue weighted by Crippen LogP contribution is -2.20. The molecule has 28 heavy (non-hydrogen) atoms. The van der Waals surface area contributed by atoms with E-state index < -0.39 is 0 Å². The van der Waals surface area contributed by atoms with Gasteiger partial charge in [-0.05, 0) is 42.8 Å². The molecule has 0 fully saturated rings. The molecule has 7 heteroatoms. The van der Waals surface area contributed by atoms with E-state index in [-0.39, 0.29) is 11.5 Å². The average molecular weight is 396 g/mol. The van der Waals surface area contributed by atoms with Gasteiger partial charge in [0.15, 0.2) is 0 Å². The molecule has 0 unspecified atom stereocenters. The summed E-state index contributed by atoms with van der Waals surface area (Å²) in [5, 5.41) is 2.77. The summed E-state index contributed by atoms with van der Waals surface area (Å²) in [6.07, 6.45) is 3.10. The van der Waals surface area contributed by atoms with Crippen LogP contribution in [0.15, 0.2) is 47.3 Å². The first-order valence-corrected chi connectivity index (χ1v) is 9.32. The van der Waals surface area contributed by atoms with Gasteiger partial charge in [0, 0.05) is 17.8 Å². The van der Waals surface area contributed by atoms with E-state index in [1.807, 2.05) is 31.2 Å². The molecule has 1 aromatic heterocycles. The second-order valence-corrected chi connectivity index (χ2v) is 7.16. The molecule has 144 valence electrons. The molecule has 3 rings (SSSR count). The largest absolute Gasteiger partial charge is 0.497 e. The highest BCUT2D eigenvalue weighted by atomic mass is 32.1. The van der Waals surface area contributed by atoms with Crippen LogP contribution in [0, 0.1) is 6.92 Å². The fourth-order valence-corrected chi connectivity index (χ4v) is 3.41. The number of H-pyrrole nitrogens is 1. The highest BCUT2D eigenvalue weighted by molar-refractivity contribution is 7.07. The lowest BCUT2D eigenvalue weighted by molar-refractivity contribution is -0.110. The lowest BCUT2D eigenvalue weighted by atomic mass is 10.2. The zero-order chi connectivity index (χ0) is 20.1. The first-order valence-electron chi connectivity index (χ1n) is 8.50. The number of methoxy groups -OCH3 is 2. The molecule has 3 aromatic rings. The topological polar surface area (TPSA) is 80.4 Å². The summed E-state index contributed by atoms with van der Waals surface area (Å²) in [6.45, 7) is 1.98. The number of carbonyl (C=O) groups excluding carboxylic acids is 1. The molecule has 0 spiro atoms. The van der Waals surface area contributed by atoms with Crippen molar-refractivity contribution in [2.45, 2.75) is 6.92 Å². The van der Waals surface area contributed by atoms with Crippen molar-refractivity contribution < 1.29 is 14.3 Å². The third-order valence-electron chi connectivity index (χ3n) is 3.93. The van der Waals surface area contributed by atoms with Crippen LogP contribution in [0.25, 0.3) is 12.2 Å². The molecule has 2 N–H and O–H groups in total. The number of benzene rings is 2. The van der Waals surface area contributed by atoms with Crippen LogP contribution in [0.3, 0.4) is 0 Å². The molecule has 0 saturated heterocycles. The minimum Gasteiger partial charge on any atom is -0.497 e. The number of anilines is 1. The molecule has 0 saturated carbocycles. The van der Waals surface area contributed by atoms with Crippen molar-refractivity contribution in [3.63, 3.8) is 0 Å². The van der Waals surface area contributed by atoms with Gasteiger partial charge in [0.1, 0.15) is 16.2 Å². The van der Waals surface area contributed by atoms with E-state index in [2.05, 4.69) is 10.3 Å². The maximum atomic E-state index is 12.2. The smallest absolute Gasteiger partial charge is 0.266 e. The third-order valence-corrected chi connectivity index (χ3v) is 4.90. The van der Waals surface area contributed by atoms with Gasteiger partial charge in [-0.1, -0.05) is 17.7 Å². The summed E-state index contributed by atoms with van der Waals surface area (Å²) in [5.41, 5.74) is 2.31. The van der Waals surface area contributed by atoms with Gasteiger partial charge in [-0.25, -0.2) is 0 Å². The quantitative estimate of drug-likeness (QED) is 0.691. The van der Waals surface area contributed by atoms with E-state index in [9.17, 15) is 9.59 Å².